The van der Waals surface area contributed by atoms with Crippen molar-refractivity contribution in [2.45, 2.75) is 175 Å². The summed E-state index contributed by atoms with van der Waals surface area (Å²) in [5.74, 6) is 0. The van der Waals surface area contributed by atoms with Crippen LogP contribution in [0.25, 0.3) is 10.1 Å². The molecular weight excluding hydrogens is 481 g/mol. The highest BCUT2D eigenvalue weighted by Crippen LogP contribution is 2.28. The number of rotatable bonds is 23. The number of hydrogen-bond donors (Lipinski definition) is 0. The number of benzene rings is 1. The van der Waals surface area contributed by atoms with E-state index in [2.05, 4.69) is 63.0 Å². The molecular formula is C35H62SSi. The summed E-state index contributed by atoms with van der Waals surface area (Å²) in [5, 5.41) is 1.52. The van der Waals surface area contributed by atoms with Crippen LogP contribution in [-0.4, -0.2) is 8.07 Å². The summed E-state index contributed by atoms with van der Waals surface area (Å²) in [5.41, 5.74) is 3.34. The molecule has 0 nitrogen and oxygen atoms in total. The van der Waals surface area contributed by atoms with Gasteiger partial charge in [0.05, 0.1) is 8.07 Å². The summed E-state index contributed by atoms with van der Waals surface area (Å²) in [6.07, 6.45) is 31.1. The highest BCUT2D eigenvalue weighted by Gasteiger charge is 2.20. The molecule has 0 spiro atoms. The first-order valence-electron chi connectivity index (χ1n) is 16.5. The van der Waals surface area contributed by atoms with E-state index in [1.807, 2.05) is 0 Å². The minimum atomic E-state index is -1.24. The Kier molecular flexibility index (Phi) is 17.1. The summed E-state index contributed by atoms with van der Waals surface area (Å²) in [4.78, 5) is 0. The molecule has 1 aromatic carbocycles. The molecule has 0 amide bonds. The topological polar surface area (TPSA) is 0 Å². The van der Waals surface area contributed by atoms with Crippen LogP contribution in [0.1, 0.15) is 153 Å². The van der Waals surface area contributed by atoms with Gasteiger partial charge in [0, 0.05) is 4.70 Å². The SMILES string of the molecule is CCCCCCCCCCCCc1cc2cc([Si](C)(C)C)sc2cc1CCCCCCCCCCCC. The van der Waals surface area contributed by atoms with Crippen LogP contribution in [0.4, 0.5) is 0 Å². The van der Waals surface area contributed by atoms with Gasteiger partial charge in [-0.1, -0.05) is 155 Å². The molecule has 1 aromatic heterocycles. The van der Waals surface area contributed by atoms with Crippen LogP contribution >= 0.6 is 11.3 Å². The molecule has 0 aliphatic heterocycles. The molecule has 0 aliphatic carbocycles. The normalized spacial score (nSPS) is 12.1. The lowest BCUT2D eigenvalue weighted by molar-refractivity contribution is 0.553. The second kappa shape index (κ2) is 19.5. The standard InChI is InChI=1S/C35H62SSi/c1-6-8-10-12-14-16-18-20-22-24-26-31-28-33-30-35(37(3,4)5)36-34(33)29-32(31)27-25-23-21-19-17-15-13-11-9-7-2/h28-30H,6-27H2,1-5H3. The van der Waals surface area contributed by atoms with E-state index >= 15 is 0 Å². The van der Waals surface area contributed by atoms with Crippen LogP contribution in [0.5, 0.6) is 0 Å². The van der Waals surface area contributed by atoms with E-state index in [0.717, 1.165) is 0 Å². The predicted octanol–water partition coefficient (Wildman–Crippen LogP) is 12.4. The molecule has 0 fully saturated rings. The molecule has 0 unspecified atom stereocenters. The summed E-state index contributed by atoms with van der Waals surface area (Å²) in [6, 6.07) is 7.73. The fraction of sp³-hybridized carbons (Fsp3) is 0.771. The van der Waals surface area contributed by atoms with E-state index < -0.39 is 8.07 Å². The molecule has 2 heteroatoms. The maximum absolute atomic E-state index is 2.60. The maximum atomic E-state index is 2.60. The highest BCUT2D eigenvalue weighted by atomic mass is 32.1. The minimum absolute atomic E-state index is 1.24. The Morgan fingerprint density at radius 2 is 0.865 bits per heavy atom. The van der Waals surface area contributed by atoms with Crippen molar-refractivity contribution in [3.8, 4) is 0 Å². The smallest absolute Gasteiger partial charge is 0.0904 e. The average Bonchev–Trinajstić information content (AvgIpc) is 3.30. The zero-order valence-corrected chi connectivity index (χ0v) is 27.5. The molecule has 1 heterocycles. The van der Waals surface area contributed by atoms with Gasteiger partial charge in [0.1, 0.15) is 0 Å². The van der Waals surface area contributed by atoms with Gasteiger partial charge in [-0.15, -0.1) is 11.3 Å². The molecule has 2 rings (SSSR count). The Hall–Kier alpha value is -0.603. The molecule has 0 saturated heterocycles. The lowest BCUT2D eigenvalue weighted by Crippen LogP contribution is -2.34. The van der Waals surface area contributed by atoms with Crippen LogP contribution in [0, 0.1) is 0 Å². The Morgan fingerprint density at radius 1 is 0.486 bits per heavy atom. The number of aryl methyl sites for hydroxylation is 2. The Labute approximate surface area is 237 Å². The van der Waals surface area contributed by atoms with Crippen molar-refractivity contribution in [3.05, 3.63) is 29.3 Å². The van der Waals surface area contributed by atoms with Gasteiger partial charge in [0.25, 0.3) is 0 Å². The lowest BCUT2D eigenvalue weighted by Gasteiger charge is -2.11. The quantitative estimate of drug-likeness (QED) is 0.0967. The van der Waals surface area contributed by atoms with Gasteiger partial charge in [-0.25, -0.2) is 0 Å². The molecule has 0 aliphatic rings. The van der Waals surface area contributed by atoms with Gasteiger partial charge in [-0.05, 0) is 58.8 Å². The van der Waals surface area contributed by atoms with E-state index in [1.54, 1.807) is 20.3 Å². The van der Waals surface area contributed by atoms with Crippen molar-refractivity contribution in [3.63, 3.8) is 0 Å². The highest BCUT2D eigenvalue weighted by molar-refractivity contribution is 7.31. The molecule has 37 heavy (non-hydrogen) atoms. The Bertz CT molecular complexity index is 767. The first kappa shape index (κ1) is 32.6. The third kappa shape index (κ3) is 13.8. The van der Waals surface area contributed by atoms with E-state index in [9.17, 15) is 0 Å². The van der Waals surface area contributed by atoms with Crippen molar-refractivity contribution < 1.29 is 0 Å². The van der Waals surface area contributed by atoms with Crippen LogP contribution in [0.3, 0.4) is 0 Å². The molecule has 212 valence electrons. The lowest BCUT2D eigenvalue weighted by atomic mass is 9.95. The summed E-state index contributed by atoms with van der Waals surface area (Å²) >= 11 is 2.09. The summed E-state index contributed by atoms with van der Waals surface area (Å²) in [7, 11) is -1.24. The maximum Gasteiger partial charge on any atom is 0.0904 e. The molecule has 0 bridgehead atoms. The Balaban J connectivity index is 1.81. The zero-order chi connectivity index (χ0) is 26.8. The fourth-order valence-electron chi connectivity index (χ4n) is 5.62. The molecule has 0 saturated carbocycles. The minimum Gasteiger partial charge on any atom is -0.145 e. The first-order chi connectivity index (χ1) is 18.0. The van der Waals surface area contributed by atoms with Gasteiger partial charge in [0.2, 0.25) is 0 Å². The van der Waals surface area contributed by atoms with Crippen LogP contribution in [0.2, 0.25) is 19.6 Å². The van der Waals surface area contributed by atoms with E-state index in [1.165, 1.54) is 147 Å². The van der Waals surface area contributed by atoms with Crippen molar-refractivity contribution in [1.29, 1.82) is 0 Å². The average molecular weight is 543 g/mol. The number of thiophene rings is 1. The predicted molar refractivity (Wildman–Crippen MR) is 176 cm³/mol. The van der Waals surface area contributed by atoms with E-state index in [4.69, 9.17) is 0 Å². The van der Waals surface area contributed by atoms with Crippen molar-refractivity contribution in [2.75, 3.05) is 0 Å². The van der Waals surface area contributed by atoms with Gasteiger partial charge >= 0.3 is 0 Å². The number of hydrogen-bond acceptors (Lipinski definition) is 1. The van der Waals surface area contributed by atoms with Crippen LogP contribution in [-0.2, 0) is 12.8 Å². The third-order valence-electron chi connectivity index (χ3n) is 8.18. The van der Waals surface area contributed by atoms with Gasteiger partial charge < -0.3 is 0 Å². The van der Waals surface area contributed by atoms with Gasteiger partial charge in [-0.2, -0.15) is 0 Å². The fourth-order valence-corrected chi connectivity index (χ4v) is 8.62. The third-order valence-corrected chi connectivity index (χ3v) is 12.9. The zero-order valence-electron chi connectivity index (χ0n) is 25.7. The molecule has 0 atom stereocenters. The van der Waals surface area contributed by atoms with Crippen molar-refractivity contribution in [2.24, 2.45) is 0 Å². The monoisotopic (exact) mass is 542 g/mol. The summed E-state index contributed by atoms with van der Waals surface area (Å²) < 4.78 is 3.22. The molecule has 2 aromatic rings. The second-order valence-corrected chi connectivity index (χ2v) is 19.4. The van der Waals surface area contributed by atoms with Gasteiger partial charge in [-0.3, -0.25) is 0 Å². The summed E-state index contributed by atoms with van der Waals surface area (Å²) in [6.45, 7) is 12.1. The molecule has 0 radical (unpaired) electrons. The second-order valence-electron chi connectivity index (χ2n) is 12.9. The largest absolute Gasteiger partial charge is 0.145 e. The van der Waals surface area contributed by atoms with Crippen molar-refractivity contribution in [1.82, 2.24) is 0 Å². The first-order valence-corrected chi connectivity index (χ1v) is 20.8. The van der Waals surface area contributed by atoms with Crippen molar-refractivity contribution >= 4 is 34.0 Å². The van der Waals surface area contributed by atoms with Crippen LogP contribution < -0.4 is 4.50 Å². The van der Waals surface area contributed by atoms with Crippen LogP contribution in [0.15, 0.2) is 18.2 Å². The van der Waals surface area contributed by atoms with E-state index in [-0.39, 0.29) is 0 Å². The van der Waals surface area contributed by atoms with E-state index in [0.29, 0.717) is 0 Å². The number of fused-ring (bicyclic) bond motifs is 1. The Morgan fingerprint density at radius 3 is 1.27 bits per heavy atom. The number of unbranched alkanes of at least 4 members (excludes halogenated alkanes) is 18. The van der Waals surface area contributed by atoms with Gasteiger partial charge in [0.15, 0.2) is 0 Å². The molecule has 0 N–H and O–H groups in total.